The van der Waals surface area contributed by atoms with Crippen LogP contribution >= 0.6 is 0 Å². The maximum Gasteiger partial charge on any atom is 0.157 e. The van der Waals surface area contributed by atoms with Crippen LogP contribution in [0.4, 0.5) is 4.39 Å². The molecule has 3 nitrogen and oxygen atoms in total. The average Bonchev–Trinajstić information content (AvgIpc) is 2.09. The van der Waals surface area contributed by atoms with Gasteiger partial charge in [-0.25, -0.2) is 4.39 Å². The number of halogens is 1. The van der Waals surface area contributed by atoms with Crippen molar-refractivity contribution in [3.05, 3.63) is 23.8 Å². The van der Waals surface area contributed by atoms with Crippen molar-refractivity contribution in [2.24, 2.45) is 0 Å². The Morgan fingerprint density at radius 2 is 2.00 bits per heavy atom. The molecular weight excluding hydrogens is 185 g/mol. The first-order valence-corrected chi connectivity index (χ1v) is 4.33. The number of hydrogen-bond donors (Lipinski definition) is 3. The monoisotopic (exact) mass is 199 g/mol. The van der Waals surface area contributed by atoms with E-state index in [4.69, 9.17) is 5.11 Å². The zero-order valence-electron chi connectivity index (χ0n) is 8.21. The fourth-order valence-corrected chi connectivity index (χ4v) is 1.28. The maximum atomic E-state index is 13.9. The van der Waals surface area contributed by atoms with Crippen LogP contribution in [-0.2, 0) is 5.67 Å². The minimum atomic E-state index is -1.56. The van der Waals surface area contributed by atoms with E-state index < -0.39 is 5.67 Å². The molecule has 1 atom stereocenters. The Hall–Kier alpha value is -1.29. The standard InChI is InChI=1S/C10H14FNO2/c1-10(11,6-12-2)7-3-4-8(13)9(14)5-7/h3-5,12-14H,6H2,1-2H3. The highest BCUT2D eigenvalue weighted by molar-refractivity contribution is 5.42. The summed E-state index contributed by atoms with van der Waals surface area (Å²) in [5.74, 6) is -0.545. The molecule has 0 aliphatic carbocycles. The predicted octanol–water partition coefficient (Wildman–Crippen LogP) is 1.50. The van der Waals surface area contributed by atoms with Gasteiger partial charge in [0.1, 0.15) is 5.67 Å². The number of phenolic OH excluding ortho intramolecular Hbond substituents is 2. The summed E-state index contributed by atoms with van der Waals surface area (Å²) in [7, 11) is 1.65. The Morgan fingerprint density at radius 1 is 1.36 bits per heavy atom. The molecule has 4 heteroatoms. The molecule has 0 saturated heterocycles. The lowest BCUT2D eigenvalue weighted by Crippen LogP contribution is -2.29. The van der Waals surface area contributed by atoms with Gasteiger partial charge in [0.05, 0.1) is 0 Å². The van der Waals surface area contributed by atoms with Gasteiger partial charge in [0.25, 0.3) is 0 Å². The first-order valence-electron chi connectivity index (χ1n) is 4.33. The van der Waals surface area contributed by atoms with Crippen LogP contribution in [0, 0.1) is 0 Å². The van der Waals surface area contributed by atoms with Crippen molar-refractivity contribution in [2.45, 2.75) is 12.6 Å². The number of phenols is 2. The van der Waals surface area contributed by atoms with Crippen molar-refractivity contribution >= 4 is 0 Å². The molecule has 0 saturated carbocycles. The molecule has 14 heavy (non-hydrogen) atoms. The highest BCUT2D eigenvalue weighted by atomic mass is 19.1. The third-order valence-electron chi connectivity index (χ3n) is 2.09. The number of hydrogen-bond acceptors (Lipinski definition) is 3. The maximum absolute atomic E-state index is 13.9. The van der Waals surface area contributed by atoms with Crippen LogP contribution in [0.5, 0.6) is 11.5 Å². The van der Waals surface area contributed by atoms with Gasteiger partial charge in [-0.15, -0.1) is 0 Å². The molecule has 1 aromatic rings. The molecule has 0 spiro atoms. The minimum absolute atomic E-state index is 0.150. The predicted molar refractivity (Wildman–Crippen MR) is 52.2 cm³/mol. The minimum Gasteiger partial charge on any atom is -0.504 e. The fourth-order valence-electron chi connectivity index (χ4n) is 1.28. The molecule has 0 bridgehead atoms. The third-order valence-corrected chi connectivity index (χ3v) is 2.09. The number of likely N-dealkylation sites (N-methyl/N-ethyl adjacent to an activating group) is 1. The van der Waals surface area contributed by atoms with Crippen molar-refractivity contribution in [1.29, 1.82) is 0 Å². The summed E-state index contributed by atoms with van der Waals surface area (Å²) in [6.07, 6.45) is 0. The lowest BCUT2D eigenvalue weighted by molar-refractivity contribution is 0.190. The number of aromatic hydroxyl groups is 2. The van der Waals surface area contributed by atoms with Crippen LogP contribution in [0.1, 0.15) is 12.5 Å². The molecule has 0 amide bonds. The molecule has 0 heterocycles. The van der Waals surface area contributed by atoms with Gasteiger partial charge in [-0.1, -0.05) is 6.07 Å². The van der Waals surface area contributed by atoms with E-state index in [0.29, 0.717) is 5.56 Å². The number of rotatable bonds is 3. The summed E-state index contributed by atoms with van der Waals surface area (Å²) in [6.45, 7) is 1.56. The summed E-state index contributed by atoms with van der Waals surface area (Å²) >= 11 is 0. The van der Waals surface area contributed by atoms with Crippen molar-refractivity contribution in [1.82, 2.24) is 5.32 Å². The number of nitrogens with one attached hydrogen (secondary N) is 1. The quantitative estimate of drug-likeness (QED) is 0.647. The molecule has 3 N–H and O–H groups in total. The normalized spacial score (nSPS) is 15.1. The molecule has 1 unspecified atom stereocenters. The summed E-state index contributed by atoms with van der Waals surface area (Å²) in [5, 5.41) is 21.0. The van der Waals surface area contributed by atoms with E-state index in [1.54, 1.807) is 7.05 Å². The first-order chi connectivity index (χ1) is 6.47. The van der Waals surface area contributed by atoms with E-state index in [1.165, 1.54) is 25.1 Å². The average molecular weight is 199 g/mol. The Kier molecular flexibility index (Phi) is 2.96. The van der Waals surface area contributed by atoms with Crippen molar-refractivity contribution in [2.75, 3.05) is 13.6 Å². The Labute approximate surface area is 82.2 Å². The molecule has 0 aromatic heterocycles. The second kappa shape index (κ2) is 3.84. The molecule has 78 valence electrons. The van der Waals surface area contributed by atoms with Crippen LogP contribution in [0.25, 0.3) is 0 Å². The van der Waals surface area contributed by atoms with Crippen LogP contribution < -0.4 is 5.32 Å². The Morgan fingerprint density at radius 3 is 2.50 bits per heavy atom. The molecule has 0 radical (unpaired) electrons. The van der Waals surface area contributed by atoms with Gasteiger partial charge in [-0.3, -0.25) is 0 Å². The van der Waals surface area contributed by atoms with Gasteiger partial charge in [0.15, 0.2) is 11.5 Å². The molecule has 1 aromatic carbocycles. The fraction of sp³-hybridized carbons (Fsp3) is 0.400. The lowest BCUT2D eigenvalue weighted by Gasteiger charge is -2.20. The smallest absolute Gasteiger partial charge is 0.157 e. The van der Waals surface area contributed by atoms with Crippen LogP contribution in [0.15, 0.2) is 18.2 Å². The van der Waals surface area contributed by atoms with E-state index >= 15 is 0 Å². The van der Waals surface area contributed by atoms with Gasteiger partial charge in [-0.05, 0) is 31.7 Å². The summed E-state index contributed by atoms with van der Waals surface area (Å²) in [6, 6.07) is 3.96. The third kappa shape index (κ3) is 2.14. The van der Waals surface area contributed by atoms with Crippen molar-refractivity contribution < 1.29 is 14.6 Å². The second-order valence-electron chi connectivity index (χ2n) is 3.43. The summed E-state index contributed by atoms with van der Waals surface area (Å²) in [4.78, 5) is 0. The highest BCUT2D eigenvalue weighted by Gasteiger charge is 2.25. The molecule has 0 fully saturated rings. The van der Waals surface area contributed by atoms with Crippen molar-refractivity contribution in [3.63, 3.8) is 0 Å². The van der Waals surface area contributed by atoms with E-state index in [-0.39, 0.29) is 18.0 Å². The molecular formula is C10H14FNO2. The van der Waals surface area contributed by atoms with E-state index in [1.807, 2.05) is 0 Å². The topological polar surface area (TPSA) is 52.5 Å². The molecule has 0 aliphatic heterocycles. The zero-order valence-corrected chi connectivity index (χ0v) is 8.21. The van der Waals surface area contributed by atoms with Crippen LogP contribution in [0.2, 0.25) is 0 Å². The van der Waals surface area contributed by atoms with E-state index in [2.05, 4.69) is 5.32 Å². The van der Waals surface area contributed by atoms with Gasteiger partial charge < -0.3 is 15.5 Å². The summed E-state index contributed by atoms with van der Waals surface area (Å²) < 4.78 is 13.9. The first kappa shape index (κ1) is 10.8. The van der Waals surface area contributed by atoms with Gasteiger partial charge in [0, 0.05) is 6.54 Å². The van der Waals surface area contributed by atoms with Gasteiger partial charge in [-0.2, -0.15) is 0 Å². The van der Waals surface area contributed by atoms with Crippen molar-refractivity contribution in [3.8, 4) is 11.5 Å². The lowest BCUT2D eigenvalue weighted by atomic mass is 9.97. The van der Waals surface area contributed by atoms with Crippen LogP contribution in [0.3, 0.4) is 0 Å². The zero-order chi connectivity index (χ0) is 10.8. The largest absolute Gasteiger partial charge is 0.504 e. The molecule has 0 aliphatic rings. The number of alkyl halides is 1. The van der Waals surface area contributed by atoms with Gasteiger partial charge in [0.2, 0.25) is 0 Å². The Balaban J connectivity index is 3.01. The molecule has 1 rings (SSSR count). The van der Waals surface area contributed by atoms with E-state index in [9.17, 15) is 9.50 Å². The second-order valence-corrected chi connectivity index (χ2v) is 3.43. The highest BCUT2D eigenvalue weighted by Crippen LogP contribution is 2.32. The van der Waals surface area contributed by atoms with Gasteiger partial charge >= 0.3 is 0 Å². The SMILES string of the molecule is CNCC(C)(F)c1ccc(O)c(O)c1. The Bertz CT molecular complexity index is 326. The van der Waals surface area contributed by atoms with Crippen LogP contribution in [-0.4, -0.2) is 23.8 Å². The van der Waals surface area contributed by atoms with E-state index in [0.717, 1.165) is 0 Å². The number of benzene rings is 1. The summed E-state index contributed by atoms with van der Waals surface area (Å²) in [5.41, 5.74) is -1.22.